The zero-order chi connectivity index (χ0) is 12.6. The first-order valence-electron chi connectivity index (χ1n) is 5.88. The van der Waals surface area contributed by atoms with Crippen LogP contribution in [0.1, 0.15) is 37.8 Å². The molecule has 1 unspecified atom stereocenters. The van der Waals surface area contributed by atoms with Crippen molar-refractivity contribution in [1.29, 1.82) is 0 Å². The number of nitrogens with one attached hydrogen (secondary N) is 1. The average Bonchev–Trinajstić information content (AvgIpc) is 2.27. The average molecular weight is 248 g/mol. The molecule has 1 aromatic carbocycles. The summed E-state index contributed by atoms with van der Waals surface area (Å²) in [6.07, 6.45) is 2.26. The van der Waals surface area contributed by atoms with Gasteiger partial charge in [0.2, 0.25) is 0 Å². The fourth-order valence-electron chi connectivity index (χ4n) is 2.33. The molecule has 1 aliphatic heterocycles. The van der Waals surface area contributed by atoms with Crippen LogP contribution >= 0.6 is 11.6 Å². The van der Waals surface area contributed by atoms with E-state index in [2.05, 4.69) is 45.2 Å². The molecule has 2 heteroatoms. The summed E-state index contributed by atoms with van der Waals surface area (Å²) < 4.78 is 0. The summed E-state index contributed by atoms with van der Waals surface area (Å²) in [5, 5.41) is 4.22. The second-order valence-electron chi connectivity index (χ2n) is 4.71. The number of hydrogen-bond donors (Lipinski definition) is 1. The van der Waals surface area contributed by atoms with Crippen LogP contribution in [-0.2, 0) is 0 Å². The second-order valence-corrected chi connectivity index (χ2v) is 5.12. The smallest absolute Gasteiger partial charge is 0.0438 e. The Bertz CT molecular complexity index is 512. The van der Waals surface area contributed by atoms with E-state index in [-0.39, 0.29) is 0 Å². The third kappa shape index (κ3) is 2.25. The number of hydrogen-bond acceptors (Lipinski definition) is 1. The lowest BCUT2D eigenvalue weighted by Crippen LogP contribution is -2.19. The molecular formula is C15H18ClN. The van der Waals surface area contributed by atoms with Gasteiger partial charge in [0.05, 0.1) is 0 Å². The number of dihydropyridines is 1. The maximum Gasteiger partial charge on any atom is 0.0438 e. The number of rotatable bonds is 1. The minimum absolute atomic E-state index is 0.343. The standard InChI is InChI=1S/C15H18ClN/c1-9-8-14(10(2)12(4)17-9)13-6-5-7-15(16)11(13)3/h5-8,14,17H,1-4H3. The Morgan fingerprint density at radius 2 is 1.82 bits per heavy atom. The molecule has 0 aliphatic carbocycles. The summed E-state index contributed by atoms with van der Waals surface area (Å²) in [5.74, 6) is 0.343. The molecule has 1 atom stereocenters. The predicted molar refractivity (Wildman–Crippen MR) is 74.2 cm³/mol. The van der Waals surface area contributed by atoms with Gasteiger partial charge in [0.15, 0.2) is 0 Å². The van der Waals surface area contributed by atoms with E-state index in [0.29, 0.717) is 5.92 Å². The van der Waals surface area contributed by atoms with E-state index >= 15 is 0 Å². The van der Waals surface area contributed by atoms with Gasteiger partial charge in [0, 0.05) is 22.3 Å². The van der Waals surface area contributed by atoms with Crippen molar-refractivity contribution in [2.24, 2.45) is 0 Å². The third-order valence-electron chi connectivity index (χ3n) is 3.50. The minimum Gasteiger partial charge on any atom is -0.363 e. The van der Waals surface area contributed by atoms with Gasteiger partial charge in [0.1, 0.15) is 0 Å². The number of benzene rings is 1. The van der Waals surface area contributed by atoms with Crippen LogP contribution in [0.4, 0.5) is 0 Å². The van der Waals surface area contributed by atoms with Crippen molar-refractivity contribution in [3.8, 4) is 0 Å². The summed E-state index contributed by atoms with van der Waals surface area (Å²) in [5.41, 5.74) is 6.29. The highest BCUT2D eigenvalue weighted by molar-refractivity contribution is 6.31. The van der Waals surface area contributed by atoms with Crippen molar-refractivity contribution in [2.45, 2.75) is 33.6 Å². The van der Waals surface area contributed by atoms with Crippen LogP contribution in [0.5, 0.6) is 0 Å². The van der Waals surface area contributed by atoms with Crippen molar-refractivity contribution in [2.75, 3.05) is 0 Å². The van der Waals surface area contributed by atoms with Crippen LogP contribution in [0.25, 0.3) is 0 Å². The highest BCUT2D eigenvalue weighted by atomic mass is 35.5. The SMILES string of the molecule is CC1=CC(c2cccc(Cl)c2C)C(C)=C(C)N1. The van der Waals surface area contributed by atoms with Crippen molar-refractivity contribution in [1.82, 2.24) is 5.32 Å². The van der Waals surface area contributed by atoms with E-state index in [4.69, 9.17) is 11.6 Å². The van der Waals surface area contributed by atoms with Crippen molar-refractivity contribution in [3.05, 3.63) is 57.4 Å². The van der Waals surface area contributed by atoms with Crippen LogP contribution in [0.2, 0.25) is 5.02 Å². The molecule has 1 N–H and O–H groups in total. The zero-order valence-electron chi connectivity index (χ0n) is 10.8. The lowest BCUT2D eigenvalue weighted by molar-refractivity contribution is 0.816. The van der Waals surface area contributed by atoms with Gasteiger partial charge >= 0.3 is 0 Å². The van der Waals surface area contributed by atoms with Gasteiger partial charge in [-0.25, -0.2) is 0 Å². The maximum atomic E-state index is 6.20. The van der Waals surface area contributed by atoms with Gasteiger partial charge in [-0.05, 0) is 50.5 Å². The second kappa shape index (κ2) is 4.58. The molecular weight excluding hydrogens is 230 g/mol. The largest absolute Gasteiger partial charge is 0.363 e. The first-order chi connectivity index (χ1) is 8.00. The van der Waals surface area contributed by atoms with Gasteiger partial charge in [-0.15, -0.1) is 0 Å². The van der Waals surface area contributed by atoms with Crippen molar-refractivity contribution < 1.29 is 0 Å². The van der Waals surface area contributed by atoms with E-state index in [1.54, 1.807) is 0 Å². The highest BCUT2D eigenvalue weighted by Gasteiger charge is 2.19. The van der Waals surface area contributed by atoms with E-state index in [1.807, 2.05) is 12.1 Å². The summed E-state index contributed by atoms with van der Waals surface area (Å²) in [4.78, 5) is 0. The fourth-order valence-corrected chi connectivity index (χ4v) is 2.51. The molecule has 90 valence electrons. The monoisotopic (exact) mass is 247 g/mol. The molecule has 0 fully saturated rings. The lowest BCUT2D eigenvalue weighted by Gasteiger charge is -2.26. The lowest BCUT2D eigenvalue weighted by atomic mass is 9.85. The van der Waals surface area contributed by atoms with Crippen LogP contribution in [0.3, 0.4) is 0 Å². The summed E-state index contributed by atoms with van der Waals surface area (Å²) in [7, 11) is 0. The van der Waals surface area contributed by atoms with Crippen LogP contribution in [-0.4, -0.2) is 0 Å². The number of allylic oxidation sites excluding steroid dienone is 4. The van der Waals surface area contributed by atoms with Gasteiger partial charge < -0.3 is 5.32 Å². The van der Waals surface area contributed by atoms with Crippen LogP contribution < -0.4 is 5.32 Å². The predicted octanol–water partition coefficient (Wildman–Crippen LogP) is 4.53. The first-order valence-corrected chi connectivity index (χ1v) is 6.26. The van der Waals surface area contributed by atoms with Crippen LogP contribution in [0, 0.1) is 6.92 Å². The molecule has 17 heavy (non-hydrogen) atoms. The van der Waals surface area contributed by atoms with E-state index in [1.165, 1.54) is 28.1 Å². The Morgan fingerprint density at radius 3 is 2.53 bits per heavy atom. The molecule has 0 aromatic heterocycles. The molecule has 2 rings (SSSR count). The van der Waals surface area contributed by atoms with Gasteiger partial charge in [0.25, 0.3) is 0 Å². The quantitative estimate of drug-likeness (QED) is 0.769. The van der Waals surface area contributed by atoms with E-state index in [0.717, 1.165) is 5.02 Å². The molecule has 1 aliphatic rings. The summed E-state index contributed by atoms with van der Waals surface area (Å²) in [6, 6.07) is 6.14. The molecule has 1 aromatic rings. The molecule has 0 radical (unpaired) electrons. The van der Waals surface area contributed by atoms with Gasteiger partial charge in [-0.1, -0.05) is 29.8 Å². The molecule has 0 saturated carbocycles. The Kier molecular flexibility index (Phi) is 3.30. The Balaban J connectivity index is 2.52. The Morgan fingerprint density at radius 1 is 1.12 bits per heavy atom. The molecule has 0 saturated heterocycles. The number of halogens is 1. The molecule has 1 nitrogen and oxygen atoms in total. The first kappa shape index (κ1) is 12.3. The maximum absolute atomic E-state index is 6.20. The minimum atomic E-state index is 0.343. The Labute approximate surface area is 108 Å². The van der Waals surface area contributed by atoms with E-state index < -0.39 is 0 Å². The van der Waals surface area contributed by atoms with E-state index in [9.17, 15) is 0 Å². The molecule has 1 heterocycles. The topological polar surface area (TPSA) is 12.0 Å². The Hall–Kier alpha value is -1.21. The van der Waals surface area contributed by atoms with Crippen molar-refractivity contribution in [3.63, 3.8) is 0 Å². The highest BCUT2D eigenvalue weighted by Crippen LogP contribution is 2.35. The molecule has 0 amide bonds. The summed E-state index contributed by atoms with van der Waals surface area (Å²) in [6.45, 7) is 8.49. The van der Waals surface area contributed by atoms with Gasteiger partial charge in [-0.3, -0.25) is 0 Å². The normalized spacial score (nSPS) is 20.1. The molecule has 0 spiro atoms. The fraction of sp³-hybridized carbons (Fsp3) is 0.333. The van der Waals surface area contributed by atoms with Gasteiger partial charge in [-0.2, -0.15) is 0 Å². The van der Waals surface area contributed by atoms with Crippen molar-refractivity contribution >= 4 is 11.6 Å². The summed E-state index contributed by atoms with van der Waals surface area (Å²) >= 11 is 6.20. The molecule has 0 bridgehead atoms. The van der Waals surface area contributed by atoms with Crippen LogP contribution in [0.15, 0.2) is 41.2 Å². The zero-order valence-corrected chi connectivity index (χ0v) is 11.5. The third-order valence-corrected chi connectivity index (χ3v) is 3.91.